The van der Waals surface area contributed by atoms with Crippen LogP contribution >= 0.6 is 15.9 Å². The molecule has 0 aliphatic heterocycles. The number of benzene rings is 1. The van der Waals surface area contributed by atoms with Crippen molar-refractivity contribution in [3.63, 3.8) is 0 Å². The minimum atomic E-state index is -0.945. The molecule has 1 unspecified atom stereocenters. The smallest absolute Gasteiger partial charge is 0.143 e. The van der Waals surface area contributed by atoms with Crippen LogP contribution in [0, 0.1) is 5.82 Å². The molecule has 1 heterocycles. The van der Waals surface area contributed by atoms with Crippen LogP contribution in [0.25, 0.3) is 0 Å². The minimum absolute atomic E-state index is 0.150. The van der Waals surface area contributed by atoms with Gasteiger partial charge in [-0.3, -0.25) is 0 Å². The second-order valence-corrected chi connectivity index (χ2v) is 5.43. The molecule has 0 aliphatic carbocycles. The predicted molar refractivity (Wildman–Crippen MR) is 73.2 cm³/mol. The van der Waals surface area contributed by atoms with E-state index in [2.05, 4.69) is 26.0 Å². The summed E-state index contributed by atoms with van der Waals surface area (Å²) in [5.74, 6) is 0.201. The zero-order valence-electron chi connectivity index (χ0n) is 10.7. The Morgan fingerprint density at radius 3 is 2.84 bits per heavy atom. The molecule has 2 aromatic rings. The number of aromatic nitrogens is 3. The first-order valence-corrected chi connectivity index (χ1v) is 6.80. The van der Waals surface area contributed by atoms with Crippen LogP contribution in [0.4, 0.5) is 4.39 Å². The Balaban J connectivity index is 2.23. The normalized spacial score (nSPS) is 12.9. The van der Waals surface area contributed by atoms with Crippen LogP contribution in [-0.2, 0) is 6.42 Å². The Morgan fingerprint density at radius 2 is 2.16 bits per heavy atom. The highest BCUT2D eigenvalue weighted by molar-refractivity contribution is 9.10. The highest BCUT2D eigenvalue weighted by Crippen LogP contribution is 2.26. The third-order valence-corrected chi connectivity index (χ3v) is 3.47. The molecule has 1 N–H and O–H groups in total. The molecule has 0 radical (unpaired) electrons. The first-order chi connectivity index (χ1) is 9.00. The van der Waals surface area contributed by atoms with Gasteiger partial charge in [0, 0.05) is 18.0 Å². The van der Waals surface area contributed by atoms with Gasteiger partial charge < -0.3 is 5.11 Å². The molecule has 0 bridgehead atoms. The quantitative estimate of drug-likeness (QED) is 0.939. The van der Waals surface area contributed by atoms with E-state index in [1.807, 2.05) is 13.8 Å². The molecule has 0 spiro atoms. The predicted octanol–water partition coefficient (Wildman–Crippen LogP) is 3.04. The van der Waals surface area contributed by atoms with Gasteiger partial charge in [-0.25, -0.2) is 14.1 Å². The minimum Gasteiger partial charge on any atom is -0.388 e. The second kappa shape index (κ2) is 5.79. The average Bonchev–Trinajstić information content (AvgIpc) is 2.80. The van der Waals surface area contributed by atoms with Gasteiger partial charge >= 0.3 is 0 Å². The van der Waals surface area contributed by atoms with Crippen molar-refractivity contribution in [1.82, 2.24) is 14.8 Å². The van der Waals surface area contributed by atoms with Crippen LogP contribution in [0.1, 0.15) is 37.4 Å². The van der Waals surface area contributed by atoms with Crippen LogP contribution < -0.4 is 0 Å². The fourth-order valence-corrected chi connectivity index (χ4v) is 2.29. The molecule has 0 aliphatic rings. The molecular weight excluding hydrogens is 313 g/mol. The fourth-order valence-electron chi connectivity index (χ4n) is 1.91. The van der Waals surface area contributed by atoms with Crippen molar-refractivity contribution >= 4 is 15.9 Å². The SMILES string of the molecule is CC(C)n1ncnc1CC(O)c1cccc(Br)c1F. The van der Waals surface area contributed by atoms with Crippen molar-refractivity contribution in [2.45, 2.75) is 32.4 Å². The van der Waals surface area contributed by atoms with Crippen LogP contribution in [-0.4, -0.2) is 19.9 Å². The summed E-state index contributed by atoms with van der Waals surface area (Å²) in [5.41, 5.74) is 0.257. The van der Waals surface area contributed by atoms with Crippen molar-refractivity contribution in [2.24, 2.45) is 0 Å². The zero-order valence-corrected chi connectivity index (χ0v) is 12.3. The lowest BCUT2D eigenvalue weighted by atomic mass is 10.1. The van der Waals surface area contributed by atoms with E-state index in [1.165, 1.54) is 6.33 Å². The van der Waals surface area contributed by atoms with E-state index in [0.29, 0.717) is 10.3 Å². The third kappa shape index (κ3) is 3.01. The van der Waals surface area contributed by atoms with Crippen LogP contribution in [0.15, 0.2) is 29.0 Å². The van der Waals surface area contributed by atoms with Crippen LogP contribution in [0.3, 0.4) is 0 Å². The molecule has 1 aromatic heterocycles. The van der Waals surface area contributed by atoms with Gasteiger partial charge in [0.1, 0.15) is 18.0 Å². The zero-order chi connectivity index (χ0) is 14.0. The highest BCUT2D eigenvalue weighted by Gasteiger charge is 2.18. The molecule has 0 fully saturated rings. The summed E-state index contributed by atoms with van der Waals surface area (Å²) in [6.07, 6.45) is 0.726. The summed E-state index contributed by atoms with van der Waals surface area (Å²) in [6.45, 7) is 3.95. The molecule has 1 aromatic carbocycles. The molecule has 102 valence electrons. The van der Waals surface area contributed by atoms with Gasteiger partial charge in [-0.1, -0.05) is 12.1 Å². The molecule has 0 amide bonds. The number of hydrogen-bond acceptors (Lipinski definition) is 3. The average molecular weight is 328 g/mol. The standard InChI is InChI=1S/C13H15BrFN3O/c1-8(2)18-12(16-7-17-18)6-11(19)9-4-3-5-10(14)13(9)15/h3-5,7-8,11,19H,6H2,1-2H3. The molecule has 19 heavy (non-hydrogen) atoms. The maximum absolute atomic E-state index is 13.9. The van der Waals surface area contributed by atoms with Crippen LogP contribution in [0.5, 0.6) is 0 Å². The summed E-state index contributed by atoms with van der Waals surface area (Å²) >= 11 is 3.11. The van der Waals surface area contributed by atoms with E-state index < -0.39 is 11.9 Å². The lowest BCUT2D eigenvalue weighted by Crippen LogP contribution is -2.13. The Morgan fingerprint density at radius 1 is 1.42 bits per heavy atom. The number of aliphatic hydroxyl groups is 1. The molecule has 1 atom stereocenters. The van der Waals surface area contributed by atoms with Gasteiger partial charge in [0.25, 0.3) is 0 Å². The molecule has 2 rings (SSSR count). The Hall–Kier alpha value is -1.27. The van der Waals surface area contributed by atoms with Crippen molar-refractivity contribution in [3.8, 4) is 0 Å². The monoisotopic (exact) mass is 327 g/mol. The van der Waals surface area contributed by atoms with E-state index in [1.54, 1.807) is 22.9 Å². The third-order valence-electron chi connectivity index (χ3n) is 2.85. The molecule has 0 saturated carbocycles. The highest BCUT2D eigenvalue weighted by atomic mass is 79.9. The Bertz CT molecular complexity index is 571. The molecule has 6 heteroatoms. The van der Waals surface area contributed by atoms with E-state index in [9.17, 15) is 9.50 Å². The van der Waals surface area contributed by atoms with Gasteiger partial charge in [-0.05, 0) is 35.8 Å². The van der Waals surface area contributed by atoms with Gasteiger partial charge in [0.15, 0.2) is 0 Å². The topological polar surface area (TPSA) is 50.9 Å². The summed E-state index contributed by atoms with van der Waals surface area (Å²) in [7, 11) is 0. The molecule has 0 saturated heterocycles. The maximum atomic E-state index is 13.9. The van der Waals surface area contributed by atoms with Gasteiger partial charge in [-0.2, -0.15) is 5.10 Å². The van der Waals surface area contributed by atoms with Gasteiger partial charge in [0.05, 0.1) is 10.6 Å². The summed E-state index contributed by atoms with van der Waals surface area (Å²) < 4.78 is 16.0. The number of rotatable bonds is 4. The van der Waals surface area contributed by atoms with Crippen molar-refractivity contribution < 1.29 is 9.50 Å². The lowest BCUT2D eigenvalue weighted by Gasteiger charge is -2.14. The molecule has 4 nitrogen and oxygen atoms in total. The Kier molecular flexibility index (Phi) is 4.31. The van der Waals surface area contributed by atoms with Gasteiger partial charge in [0.2, 0.25) is 0 Å². The number of nitrogens with zero attached hydrogens (tertiary/aromatic N) is 3. The first-order valence-electron chi connectivity index (χ1n) is 6.01. The van der Waals surface area contributed by atoms with Crippen LogP contribution in [0.2, 0.25) is 0 Å². The first kappa shape index (κ1) is 14.1. The largest absolute Gasteiger partial charge is 0.388 e. The van der Waals surface area contributed by atoms with Crippen molar-refractivity contribution in [1.29, 1.82) is 0 Å². The van der Waals surface area contributed by atoms with E-state index in [0.717, 1.165) is 0 Å². The van der Waals surface area contributed by atoms with Crippen molar-refractivity contribution in [2.75, 3.05) is 0 Å². The van der Waals surface area contributed by atoms with E-state index in [4.69, 9.17) is 0 Å². The summed E-state index contributed by atoms with van der Waals surface area (Å²) in [4.78, 5) is 4.11. The lowest BCUT2D eigenvalue weighted by molar-refractivity contribution is 0.168. The summed E-state index contributed by atoms with van der Waals surface area (Å²) in [6, 6.07) is 5.01. The van der Waals surface area contributed by atoms with Crippen molar-refractivity contribution in [3.05, 3.63) is 46.2 Å². The van der Waals surface area contributed by atoms with Gasteiger partial charge in [-0.15, -0.1) is 0 Å². The van der Waals surface area contributed by atoms with E-state index in [-0.39, 0.29) is 18.0 Å². The Labute approximate surface area is 119 Å². The number of halogens is 2. The number of aliphatic hydroxyl groups excluding tert-OH is 1. The molecular formula is C13H15BrFN3O. The maximum Gasteiger partial charge on any atom is 0.143 e. The summed E-state index contributed by atoms with van der Waals surface area (Å²) in [5, 5.41) is 14.3. The van der Waals surface area contributed by atoms with E-state index >= 15 is 0 Å². The second-order valence-electron chi connectivity index (χ2n) is 4.58. The fraction of sp³-hybridized carbons (Fsp3) is 0.385. The number of hydrogen-bond donors (Lipinski definition) is 1.